The Bertz CT molecular complexity index is 448. The van der Waals surface area contributed by atoms with Crippen LogP contribution in [0.15, 0.2) is 18.2 Å². The van der Waals surface area contributed by atoms with E-state index in [1.807, 2.05) is 0 Å². The maximum Gasteiger partial charge on any atom is 0.0444 e. The van der Waals surface area contributed by atoms with Gasteiger partial charge < -0.3 is 16.0 Å². The van der Waals surface area contributed by atoms with Gasteiger partial charge in [-0.25, -0.2) is 0 Å². The zero-order chi connectivity index (χ0) is 13.0. The van der Waals surface area contributed by atoms with E-state index >= 15 is 0 Å². The third-order valence-electron chi connectivity index (χ3n) is 3.53. The predicted octanol–water partition coefficient (Wildman–Crippen LogP) is 1.29. The highest BCUT2D eigenvalue weighted by atomic mass is 15.1. The molecule has 18 heavy (non-hydrogen) atoms. The molecular formula is C15H21N3. The Labute approximate surface area is 109 Å². The largest absolute Gasteiger partial charge is 0.374 e. The van der Waals surface area contributed by atoms with E-state index in [2.05, 4.69) is 41.4 Å². The number of hydrogen-bond donors (Lipinski definition) is 2. The van der Waals surface area contributed by atoms with Gasteiger partial charge in [-0.15, -0.1) is 12.3 Å². The molecule has 3 N–H and O–H groups in total. The van der Waals surface area contributed by atoms with E-state index in [9.17, 15) is 0 Å². The molecule has 2 rings (SSSR count). The molecule has 1 heterocycles. The fourth-order valence-electron chi connectivity index (χ4n) is 2.46. The summed E-state index contributed by atoms with van der Waals surface area (Å²) in [6.45, 7) is 2.52. The summed E-state index contributed by atoms with van der Waals surface area (Å²) in [5.41, 5.74) is 9.87. The summed E-state index contributed by atoms with van der Waals surface area (Å²) in [6.07, 6.45) is 7.12. The van der Waals surface area contributed by atoms with Crippen LogP contribution in [-0.2, 0) is 6.42 Å². The SMILES string of the molecule is C#CCCNC(CN)c1ccc2c(c1)CCN2C. The molecule has 0 aliphatic carbocycles. The first-order valence-corrected chi connectivity index (χ1v) is 6.47. The molecule has 0 bridgehead atoms. The van der Waals surface area contributed by atoms with Crippen molar-refractivity contribution in [2.75, 3.05) is 31.6 Å². The summed E-state index contributed by atoms with van der Waals surface area (Å²) in [6, 6.07) is 6.85. The molecule has 0 amide bonds. The van der Waals surface area contributed by atoms with Crippen molar-refractivity contribution >= 4 is 5.69 Å². The zero-order valence-corrected chi connectivity index (χ0v) is 10.9. The van der Waals surface area contributed by atoms with Gasteiger partial charge in [0, 0.05) is 44.8 Å². The molecule has 0 fully saturated rings. The summed E-state index contributed by atoms with van der Waals surface area (Å²) < 4.78 is 0. The second-order valence-electron chi connectivity index (χ2n) is 4.76. The highest BCUT2D eigenvalue weighted by molar-refractivity contribution is 5.58. The molecular weight excluding hydrogens is 222 g/mol. The molecule has 1 aromatic carbocycles. The van der Waals surface area contributed by atoms with E-state index in [4.69, 9.17) is 12.2 Å². The van der Waals surface area contributed by atoms with Gasteiger partial charge in [0.2, 0.25) is 0 Å². The number of fused-ring (bicyclic) bond motifs is 1. The normalized spacial score (nSPS) is 15.3. The lowest BCUT2D eigenvalue weighted by atomic mass is 10.0. The van der Waals surface area contributed by atoms with Crippen LogP contribution in [0.5, 0.6) is 0 Å². The molecule has 1 aromatic rings. The molecule has 1 aliphatic rings. The molecule has 3 nitrogen and oxygen atoms in total. The van der Waals surface area contributed by atoms with Crippen LogP contribution in [-0.4, -0.2) is 26.7 Å². The summed E-state index contributed by atoms with van der Waals surface area (Å²) >= 11 is 0. The molecule has 96 valence electrons. The third kappa shape index (κ3) is 2.66. The molecule has 0 radical (unpaired) electrons. The minimum absolute atomic E-state index is 0.203. The van der Waals surface area contributed by atoms with Gasteiger partial charge in [-0.3, -0.25) is 0 Å². The van der Waals surface area contributed by atoms with Gasteiger partial charge in [0.05, 0.1) is 0 Å². The number of rotatable bonds is 5. The Morgan fingerprint density at radius 3 is 3.11 bits per heavy atom. The van der Waals surface area contributed by atoms with Gasteiger partial charge >= 0.3 is 0 Å². The first-order valence-electron chi connectivity index (χ1n) is 6.47. The lowest BCUT2D eigenvalue weighted by molar-refractivity contribution is 0.550. The standard InChI is InChI=1S/C15H21N3/c1-3-4-8-17-14(11-16)12-5-6-15-13(10-12)7-9-18(15)2/h1,5-6,10,14,17H,4,7-9,11,16H2,2H3. The monoisotopic (exact) mass is 243 g/mol. The van der Waals surface area contributed by atoms with Gasteiger partial charge in [-0.1, -0.05) is 12.1 Å². The third-order valence-corrected chi connectivity index (χ3v) is 3.53. The van der Waals surface area contributed by atoms with Crippen molar-refractivity contribution in [2.24, 2.45) is 5.73 Å². The second kappa shape index (κ2) is 5.90. The van der Waals surface area contributed by atoms with E-state index < -0.39 is 0 Å². The van der Waals surface area contributed by atoms with Crippen LogP contribution in [0.4, 0.5) is 5.69 Å². The maximum absolute atomic E-state index is 5.83. The average Bonchev–Trinajstić information content (AvgIpc) is 2.76. The molecule has 1 atom stereocenters. The van der Waals surface area contributed by atoms with Crippen molar-refractivity contribution in [3.05, 3.63) is 29.3 Å². The van der Waals surface area contributed by atoms with Crippen LogP contribution in [0.25, 0.3) is 0 Å². The first kappa shape index (κ1) is 12.9. The van der Waals surface area contributed by atoms with Gasteiger partial charge in [-0.05, 0) is 23.6 Å². The molecule has 0 saturated heterocycles. The van der Waals surface area contributed by atoms with Crippen molar-refractivity contribution in [3.63, 3.8) is 0 Å². The van der Waals surface area contributed by atoms with E-state index in [-0.39, 0.29) is 6.04 Å². The maximum atomic E-state index is 5.83. The number of hydrogen-bond acceptors (Lipinski definition) is 3. The fraction of sp³-hybridized carbons (Fsp3) is 0.467. The van der Waals surface area contributed by atoms with E-state index in [1.165, 1.54) is 16.8 Å². The Morgan fingerprint density at radius 2 is 2.39 bits per heavy atom. The van der Waals surface area contributed by atoms with Crippen LogP contribution in [0.1, 0.15) is 23.6 Å². The number of nitrogens with two attached hydrogens (primary N) is 1. The summed E-state index contributed by atoms with van der Waals surface area (Å²) in [5.74, 6) is 2.64. The Kier molecular flexibility index (Phi) is 4.24. The van der Waals surface area contributed by atoms with Crippen LogP contribution >= 0.6 is 0 Å². The average molecular weight is 243 g/mol. The Morgan fingerprint density at radius 1 is 1.56 bits per heavy atom. The van der Waals surface area contributed by atoms with E-state index in [1.54, 1.807) is 0 Å². The van der Waals surface area contributed by atoms with Gasteiger partial charge in [0.25, 0.3) is 0 Å². The quantitative estimate of drug-likeness (QED) is 0.605. The van der Waals surface area contributed by atoms with Gasteiger partial charge in [0.1, 0.15) is 0 Å². The highest BCUT2D eigenvalue weighted by Crippen LogP contribution is 2.29. The Hall–Kier alpha value is -1.50. The van der Waals surface area contributed by atoms with Gasteiger partial charge in [-0.2, -0.15) is 0 Å². The van der Waals surface area contributed by atoms with Crippen LogP contribution < -0.4 is 16.0 Å². The lowest BCUT2D eigenvalue weighted by Gasteiger charge is -2.18. The molecule has 0 saturated carbocycles. The van der Waals surface area contributed by atoms with Crippen molar-refractivity contribution in [1.82, 2.24) is 5.32 Å². The lowest BCUT2D eigenvalue weighted by Crippen LogP contribution is -2.29. The van der Waals surface area contributed by atoms with Crippen LogP contribution in [0, 0.1) is 12.3 Å². The van der Waals surface area contributed by atoms with E-state index in [0.29, 0.717) is 6.54 Å². The number of nitrogens with zero attached hydrogens (tertiary/aromatic N) is 1. The van der Waals surface area contributed by atoms with Crippen molar-refractivity contribution in [1.29, 1.82) is 0 Å². The number of likely N-dealkylation sites (N-methyl/N-ethyl adjacent to an activating group) is 1. The Balaban J connectivity index is 2.10. The molecule has 0 aromatic heterocycles. The topological polar surface area (TPSA) is 41.3 Å². The molecule has 1 aliphatic heterocycles. The molecule has 0 spiro atoms. The first-order chi connectivity index (χ1) is 8.76. The van der Waals surface area contributed by atoms with Crippen molar-refractivity contribution in [3.8, 4) is 12.3 Å². The van der Waals surface area contributed by atoms with Crippen molar-refractivity contribution in [2.45, 2.75) is 18.9 Å². The highest BCUT2D eigenvalue weighted by Gasteiger charge is 2.17. The van der Waals surface area contributed by atoms with E-state index in [0.717, 1.165) is 25.9 Å². The number of terminal acetylenes is 1. The van der Waals surface area contributed by atoms with Crippen LogP contribution in [0.2, 0.25) is 0 Å². The number of nitrogens with one attached hydrogen (secondary N) is 1. The van der Waals surface area contributed by atoms with Crippen molar-refractivity contribution < 1.29 is 0 Å². The molecule has 3 heteroatoms. The van der Waals surface area contributed by atoms with Crippen LogP contribution in [0.3, 0.4) is 0 Å². The predicted molar refractivity (Wildman–Crippen MR) is 76.7 cm³/mol. The second-order valence-corrected chi connectivity index (χ2v) is 4.76. The number of anilines is 1. The summed E-state index contributed by atoms with van der Waals surface area (Å²) in [4.78, 5) is 2.29. The number of benzene rings is 1. The minimum atomic E-state index is 0.203. The van der Waals surface area contributed by atoms with Gasteiger partial charge in [0.15, 0.2) is 0 Å². The fourth-order valence-corrected chi connectivity index (χ4v) is 2.46. The summed E-state index contributed by atoms with van der Waals surface area (Å²) in [7, 11) is 2.14. The molecule has 1 unspecified atom stereocenters. The minimum Gasteiger partial charge on any atom is -0.374 e. The smallest absolute Gasteiger partial charge is 0.0444 e. The zero-order valence-electron chi connectivity index (χ0n) is 10.9. The summed E-state index contributed by atoms with van der Waals surface area (Å²) in [5, 5.41) is 3.41.